The van der Waals surface area contributed by atoms with E-state index >= 15 is 0 Å². The molecular weight excluding hydrogens is 491 g/mol. The molecule has 0 fully saturated rings. The Labute approximate surface area is 241 Å². The van der Waals surface area contributed by atoms with Crippen LogP contribution in [0.2, 0.25) is 0 Å². The fraction of sp³-hybridized carbons (Fsp3) is 0.846. The van der Waals surface area contributed by atoms with Gasteiger partial charge in [0, 0.05) is 6.42 Å². The number of β-amino-alcohol motifs (C(OH)–C–C–N with tert-alkyl or cyclic N) is 2. The molecule has 0 saturated carbocycles. The average Bonchev–Trinajstić information content (AvgIpc) is 3.17. The number of ketones is 1. The zero-order valence-electron chi connectivity index (χ0n) is 22.7. The maximum atomic E-state index is 12.9. The van der Waals surface area contributed by atoms with Crippen molar-refractivity contribution in [2.24, 2.45) is 0 Å². The van der Waals surface area contributed by atoms with Gasteiger partial charge < -0.3 is 14.8 Å². The van der Waals surface area contributed by atoms with Crippen LogP contribution < -0.4 is 29.6 Å². The summed E-state index contributed by atoms with van der Waals surface area (Å²) in [6.07, 6.45) is 19.2. The Bertz CT molecular complexity index is 758. The molecule has 8 nitrogen and oxygen atoms in total. The molecule has 0 amide bonds. The van der Waals surface area contributed by atoms with Gasteiger partial charge in [0.2, 0.25) is 5.78 Å². The van der Waals surface area contributed by atoms with E-state index in [1.807, 2.05) is 0 Å². The molecule has 0 spiro atoms. The molecule has 0 aromatic heterocycles. The molecule has 1 heterocycles. The van der Waals surface area contributed by atoms with Crippen LogP contribution in [-0.4, -0.2) is 88.9 Å². The first-order valence-corrected chi connectivity index (χ1v) is 15.1. The molecule has 0 radical (unpaired) electrons. The Balaban J connectivity index is 0.0000122. The molecule has 0 bridgehead atoms. The van der Waals surface area contributed by atoms with Crippen LogP contribution in [0.15, 0.2) is 12.2 Å². The van der Waals surface area contributed by atoms with Gasteiger partial charge in [-0.1, -0.05) is 76.9 Å². The summed E-state index contributed by atoms with van der Waals surface area (Å²) in [5.41, 5.74) is 0. The summed E-state index contributed by atoms with van der Waals surface area (Å²) in [7, 11) is -4.55. The van der Waals surface area contributed by atoms with E-state index in [0.717, 1.165) is 12.8 Å². The average molecular weight is 540 g/mol. The van der Waals surface area contributed by atoms with Crippen molar-refractivity contribution in [3.8, 4) is 0 Å². The number of carbonyl (C=O) groups is 1. The summed E-state index contributed by atoms with van der Waals surface area (Å²) in [4.78, 5) is 14.6. The second-order valence-electron chi connectivity index (χ2n) is 9.62. The normalized spacial score (nSPS) is 15.1. The van der Waals surface area contributed by atoms with Gasteiger partial charge in [-0.3, -0.25) is 14.3 Å². The predicted molar refractivity (Wildman–Crippen MR) is 139 cm³/mol. The number of allylic oxidation sites excluding steroid dienone is 2. The quantitative estimate of drug-likeness (QED) is 0.0664. The molecule has 0 aromatic rings. The maximum absolute atomic E-state index is 12.9. The van der Waals surface area contributed by atoms with Crippen LogP contribution >= 0.6 is 0 Å². The van der Waals surface area contributed by atoms with Gasteiger partial charge in [0.1, 0.15) is 32.3 Å². The van der Waals surface area contributed by atoms with Gasteiger partial charge in [-0.2, -0.15) is 0 Å². The van der Waals surface area contributed by atoms with E-state index in [4.69, 9.17) is 0 Å². The third kappa shape index (κ3) is 17.3. The first kappa shape index (κ1) is 35.7. The van der Waals surface area contributed by atoms with Crippen molar-refractivity contribution in [2.75, 3.05) is 38.5 Å². The molecule has 1 aliphatic heterocycles. The minimum Gasteiger partial charge on any atom is -0.748 e. The number of carbonyl (C=O) groups excluding carboxylic acids is 1. The Kier molecular flexibility index (Phi) is 21.4. The third-order valence-electron chi connectivity index (χ3n) is 6.35. The molecule has 10 heteroatoms. The monoisotopic (exact) mass is 539 g/mol. The largest absolute Gasteiger partial charge is 1.00 e. The van der Waals surface area contributed by atoms with Gasteiger partial charge in [0.05, 0.1) is 22.5 Å². The van der Waals surface area contributed by atoms with Crippen molar-refractivity contribution in [2.45, 2.75) is 103 Å². The Morgan fingerprint density at radius 1 is 1.03 bits per heavy atom. The molecule has 2 N–H and O–H groups in total. The number of nitrogens with zero attached hydrogens (tertiary/aromatic N) is 2. The minimum absolute atomic E-state index is 0. The topological polar surface area (TPSA) is 121 Å². The smallest absolute Gasteiger partial charge is 0.748 e. The fourth-order valence-electron chi connectivity index (χ4n) is 4.54. The van der Waals surface area contributed by atoms with Gasteiger partial charge in [-0.15, -0.1) is 0 Å². The van der Waals surface area contributed by atoms with Gasteiger partial charge >= 0.3 is 35.4 Å². The van der Waals surface area contributed by atoms with E-state index < -0.39 is 22.0 Å². The van der Waals surface area contributed by atoms with E-state index in [1.54, 1.807) is 9.48 Å². The van der Waals surface area contributed by atoms with Gasteiger partial charge in [0.25, 0.3) is 0 Å². The SMILES string of the molecule is CCCCCCCCCCCC/C=C/CCCC(=O)C1=[N+](CC(O)CS(=O)(=O)[O-])CCN1CCO.[Na+]. The first-order valence-electron chi connectivity index (χ1n) is 13.6. The summed E-state index contributed by atoms with van der Waals surface area (Å²) in [6, 6.07) is 0. The van der Waals surface area contributed by atoms with Gasteiger partial charge in [-0.25, -0.2) is 8.42 Å². The summed E-state index contributed by atoms with van der Waals surface area (Å²) < 4.78 is 34.4. The molecule has 0 aromatic carbocycles. The molecule has 0 aliphatic carbocycles. The van der Waals surface area contributed by atoms with Crippen LogP contribution in [0.5, 0.6) is 0 Å². The summed E-state index contributed by atoms with van der Waals surface area (Å²) in [5.74, 6) is -0.568. The van der Waals surface area contributed by atoms with Crippen LogP contribution in [-0.2, 0) is 14.9 Å². The van der Waals surface area contributed by atoms with E-state index in [9.17, 15) is 28.0 Å². The van der Waals surface area contributed by atoms with Crippen molar-refractivity contribution >= 4 is 21.7 Å². The van der Waals surface area contributed by atoms with E-state index in [-0.39, 0.29) is 48.5 Å². The standard InChI is InChI=1S/C26H48N2O6S.Na/c1-2-3-4-5-6-7-8-9-10-11-12-13-14-15-16-17-25(31)26-27(20-21-29)18-19-28(26)22-24(30)23-35(32,33)34;/h13-14,24,29-30H,2-12,15-23H2,1H3;/q;+1/b14-13+;. The Morgan fingerprint density at radius 2 is 1.58 bits per heavy atom. The Hall–Kier alpha value is -0.290. The molecule has 36 heavy (non-hydrogen) atoms. The Morgan fingerprint density at radius 3 is 2.14 bits per heavy atom. The van der Waals surface area contributed by atoms with Crippen molar-refractivity contribution in [3.05, 3.63) is 12.2 Å². The molecule has 204 valence electrons. The third-order valence-corrected chi connectivity index (χ3v) is 7.14. The van der Waals surface area contributed by atoms with Crippen molar-refractivity contribution in [1.82, 2.24) is 4.90 Å². The number of amidine groups is 1. The number of aliphatic hydroxyl groups excluding tert-OH is 2. The van der Waals surface area contributed by atoms with Crippen LogP contribution in [0.3, 0.4) is 0 Å². The number of hydrogen-bond donors (Lipinski definition) is 2. The summed E-state index contributed by atoms with van der Waals surface area (Å²) in [6.45, 7) is 3.30. The van der Waals surface area contributed by atoms with Crippen LogP contribution in [0, 0.1) is 0 Å². The molecule has 0 saturated heterocycles. The minimum atomic E-state index is -4.55. The second-order valence-corrected chi connectivity index (χ2v) is 11.1. The number of unbranched alkanes of at least 4 members (excludes halogenated alkanes) is 11. The zero-order valence-corrected chi connectivity index (χ0v) is 25.5. The maximum Gasteiger partial charge on any atom is 1.00 e. The second kappa shape index (κ2) is 21.6. The van der Waals surface area contributed by atoms with Crippen molar-refractivity contribution in [3.63, 3.8) is 0 Å². The molecule has 1 rings (SSSR count). The first-order chi connectivity index (χ1) is 16.8. The van der Waals surface area contributed by atoms with Gasteiger partial charge in [0.15, 0.2) is 0 Å². The summed E-state index contributed by atoms with van der Waals surface area (Å²) >= 11 is 0. The van der Waals surface area contributed by atoms with E-state index in [0.29, 0.717) is 38.3 Å². The van der Waals surface area contributed by atoms with E-state index in [2.05, 4.69) is 19.1 Å². The predicted octanol–water partition coefficient (Wildman–Crippen LogP) is 0.222. The fourth-order valence-corrected chi connectivity index (χ4v) is 5.12. The zero-order chi connectivity index (χ0) is 25.9. The summed E-state index contributed by atoms with van der Waals surface area (Å²) in [5, 5.41) is 19.3. The molecular formula is C26H48N2NaO6S+. The number of hydrogen-bond acceptors (Lipinski definition) is 7. The van der Waals surface area contributed by atoms with Crippen LogP contribution in [0.4, 0.5) is 0 Å². The molecule has 1 unspecified atom stereocenters. The number of Topliss-reactive ketones (excluding diaryl/α,β-unsaturated/α-hetero) is 1. The van der Waals surface area contributed by atoms with Crippen molar-refractivity contribution in [1.29, 1.82) is 0 Å². The van der Waals surface area contributed by atoms with Gasteiger partial charge in [-0.05, 0) is 25.7 Å². The molecule has 1 aliphatic rings. The molecule has 1 atom stereocenters. The van der Waals surface area contributed by atoms with Crippen molar-refractivity contribution < 1.29 is 62.1 Å². The number of aliphatic hydroxyl groups is 2. The van der Waals surface area contributed by atoms with Crippen LogP contribution in [0.25, 0.3) is 0 Å². The van der Waals surface area contributed by atoms with E-state index in [1.165, 1.54) is 64.2 Å². The number of rotatable bonds is 22. The van der Waals surface area contributed by atoms with Crippen LogP contribution in [0.1, 0.15) is 96.8 Å².